The largest absolute Gasteiger partial charge is 0.489 e. The molecule has 0 fully saturated rings. The first-order valence-electron chi connectivity index (χ1n) is 5.47. The summed E-state index contributed by atoms with van der Waals surface area (Å²) in [6.07, 6.45) is 0. The van der Waals surface area contributed by atoms with Crippen molar-refractivity contribution in [1.29, 1.82) is 0 Å². The molecule has 2 rings (SSSR count). The Balaban J connectivity index is 2.06. The third kappa shape index (κ3) is 3.45. The number of nitro groups is 1. The fourth-order valence-electron chi connectivity index (χ4n) is 1.54. The molecule has 0 aliphatic rings. The van der Waals surface area contributed by atoms with Crippen molar-refractivity contribution in [1.82, 2.24) is 0 Å². The molecule has 19 heavy (non-hydrogen) atoms. The van der Waals surface area contributed by atoms with E-state index in [4.69, 9.17) is 10.5 Å². The molecule has 0 aliphatic carbocycles. The van der Waals surface area contributed by atoms with Crippen LogP contribution in [-0.4, -0.2) is 4.92 Å². The molecular formula is C13H11BrN2O3. The lowest BCUT2D eigenvalue weighted by atomic mass is 10.2. The Morgan fingerprint density at radius 2 is 1.89 bits per heavy atom. The van der Waals surface area contributed by atoms with Gasteiger partial charge < -0.3 is 10.5 Å². The Labute approximate surface area is 118 Å². The second-order valence-electron chi connectivity index (χ2n) is 3.89. The first-order chi connectivity index (χ1) is 9.06. The number of halogens is 1. The molecule has 5 nitrogen and oxygen atoms in total. The average Bonchev–Trinajstić information content (AvgIpc) is 2.37. The predicted octanol–water partition coefficient (Wildman–Crippen LogP) is 3.52. The van der Waals surface area contributed by atoms with Crippen LogP contribution in [0.5, 0.6) is 5.75 Å². The molecule has 2 N–H and O–H groups in total. The monoisotopic (exact) mass is 322 g/mol. The summed E-state index contributed by atoms with van der Waals surface area (Å²) in [7, 11) is 0. The molecule has 2 aromatic carbocycles. The lowest BCUT2D eigenvalue weighted by Crippen LogP contribution is -1.98. The average molecular weight is 323 g/mol. The van der Waals surface area contributed by atoms with Crippen LogP contribution in [-0.2, 0) is 6.61 Å². The van der Waals surface area contributed by atoms with Crippen molar-refractivity contribution in [2.24, 2.45) is 0 Å². The lowest BCUT2D eigenvalue weighted by Gasteiger charge is -2.07. The van der Waals surface area contributed by atoms with E-state index in [1.807, 2.05) is 24.3 Å². The highest BCUT2D eigenvalue weighted by Crippen LogP contribution is 2.26. The summed E-state index contributed by atoms with van der Waals surface area (Å²) in [5.74, 6) is 0.506. The zero-order valence-electron chi connectivity index (χ0n) is 9.88. The smallest absolute Gasteiger partial charge is 0.292 e. The van der Waals surface area contributed by atoms with E-state index in [1.54, 1.807) is 0 Å². The number of nitrogens with zero attached hydrogens (tertiary/aromatic N) is 1. The van der Waals surface area contributed by atoms with E-state index in [1.165, 1.54) is 18.2 Å². The topological polar surface area (TPSA) is 78.4 Å². The number of benzene rings is 2. The Hall–Kier alpha value is -2.08. The molecule has 2 aromatic rings. The van der Waals surface area contributed by atoms with Gasteiger partial charge in [-0.15, -0.1) is 0 Å². The minimum Gasteiger partial charge on any atom is -0.489 e. The molecular weight excluding hydrogens is 312 g/mol. The highest BCUT2D eigenvalue weighted by molar-refractivity contribution is 9.10. The minimum absolute atomic E-state index is 0.0957. The van der Waals surface area contributed by atoms with Crippen LogP contribution < -0.4 is 10.5 Å². The van der Waals surface area contributed by atoms with Crippen LogP contribution in [0.4, 0.5) is 11.4 Å². The quantitative estimate of drug-likeness (QED) is 0.530. The number of nitrogens with two attached hydrogens (primary N) is 1. The van der Waals surface area contributed by atoms with E-state index in [-0.39, 0.29) is 11.4 Å². The number of nitrogen functional groups attached to an aromatic ring is 1. The van der Waals surface area contributed by atoms with Gasteiger partial charge >= 0.3 is 0 Å². The summed E-state index contributed by atoms with van der Waals surface area (Å²) in [5, 5.41) is 10.6. The normalized spacial score (nSPS) is 10.2. The van der Waals surface area contributed by atoms with Crippen molar-refractivity contribution in [3.8, 4) is 5.75 Å². The van der Waals surface area contributed by atoms with Gasteiger partial charge in [-0.05, 0) is 23.8 Å². The predicted molar refractivity (Wildman–Crippen MR) is 76.0 cm³/mol. The van der Waals surface area contributed by atoms with Crippen molar-refractivity contribution in [3.63, 3.8) is 0 Å². The molecule has 0 amide bonds. The van der Waals surface area contributed by atoms with Gasteiger partial charge in [0, 0.05) is 16.6 Å². The zero-order valence-corrected chi connectivity index (χ0v) is 11.5. The second-order valence-corrected chi connectivity index (χ2v) is 4.81. The Bertz CT molecular complexity index is 599. The first-order valence-corrected chi connectivity index (χ1v) is 6.27. The summed E-state index contributed by atoms with van der Waals surface area (Å²) >= 11 is 3.35. The van der Waals surface area contributed by atoms with Crippen molar-refractivity contribution in [2.45, 2.75) is 6.61 Å². The first kappa shape index (κ1) is 13.4. The van der Waals surface area contributed by atoms with Crippen LogP contribution in [0.1, 0.15) is 5.56 Å². The summed E-state index contributed by atoms with van der Waals surface area (Å²) in [5.41, 5.74) is 6.56. The van der Waals surface area contributed by atoms with Crippen molar-refractivity contribution >= 4 is 27.3 Å². The maximum absolute atomic E-state index is 10.6. The number of hydrogen-bond donors (Lipinski definition) is 1. The molecule has 0 saturated carbocycles. The third-order valence-corrected chi connectivity index (χ3v) is 3.04. The molecule has 0 aromatic heterocycles. The SMILES string of the molecule is Nc1cc(OCc2ccc(Br)cc2)ccc1[N+](=O)[O-]. The van der Waals surface area contributed by atoms with Gasteiger partial charge in [-0.1, -0.05) is 28.1 Å². The second kappa shape index (κ2) is 5.71. The van der Waals surface area contributed by atoms with E-state index in [0.29, 0.717) is 12.4 Å². The van der Waals surface area contributed by atoms with Crippen molar-refractivity contribution < 1.29 is 9.66 Å². The summed E-state index contributed by atoms with van der Waals surface area (Å²) in [6.45, 7) is 0.379. The number of ether oxygens (including phenoxy) is 1. The van der Waals surface area contributed by atoms with Gasteiger partial charge in [0.05, 0.1) is 4.92 Å². The van der Waals surface area contributed by atoms with Crippen LogP contribution in [0.25, 0.3) is 0 Å². The molecule has 0 saturated heterocycles. The van der Waals surface area contributed by atoms with Crippen LogP contribution in [0, 0.1) is 10.1 Å². The maximum Gasteiger partial charge on any atom is 0.292 e. The fourth-order valence-corrected chi connectivity index (χ4v) is 1.80. The number of anilines is 1. The van der Waals surface area contributed by atoms with Gasteiger partial charge in [-0.2, -0.15) is 0 Å². The van der Waals surface area contributed by atoms with Gasteiger partial charge in [0.1, 0.15) is 18.0 Å². The number of nitro benzene ring substituents is 1. The molecule has 0 aliphatic heterocycles. The molecule has 0 bridgehead atoms. The van der Waals surface area contributed by atoms with Crippen molar-refractivity contribution in [2.75, 3.05) is 5.73 Å². The highest BCUT2D eigenvalue weighted by Gasteiger charge is 2.11. The molecule has 98 valence electrons. The number of rotatable bonds is 4. The standard InChI is InChI=1S/C13H11BrN2O3/c14-10-3-1-9(2-4-10)8-19-11-5-6-13(16(17)18)12(15)7-11/h1-7H,8,15H2. The summed E-state index contributed by atoms with van der Waals surface area (Å²) in [4.78, 5) is 10.1. The van der Waals surface area contributed by atoms with Gasteiger partial charge in [0.15, 0.2) is 0 Å². The highest BCUT2D eigenvalue weighted by atomic mass is 79.9. The molecule has 0 heterocycles. The molecule has 0 radical (unpaired) electrons. The van der Waals surface area contributed by atoms with E-state index in [9.17, 15) is 10.1 Å². The maximum atomic E-state index is 10.6. The van der Waals surface area contributed by atoms with Crippen LogP contribution in [0.2, 0.25) is 0 Å². The fraction of sp³-hybridized carbons (Fsp3) is 0.0769. The number of hydrogen-bond acceptors (Lipinski definition) is 4. The van der Waals surface area contributed by atoms with Crippen LogP contribution in [0.15, 0.2) is 46.9 Å². The molecule has 6 heteroatoms. The third-order valence-electron chi connectivity index (χ3n) is 2.51. The Morgan fingerprint density at radius 1 is 1.21 bits per heavy atom. The van der Waals surface area contributed by atoms with Crippen LogP contribution in [0.3, 0.4) is 0 Å². The van der Waals surface area contributed by atoms with Gasteiger partial charge in [0.25, 0.3) is 5.69 Å². The van der Waals surface area contributed by atoms with E-state index in [2.05, 4.69) is 15.9 Å². The zero-order chi connectivity index (χ0) is 13.8. The minimum atomic E-state index is -0.520. The van der Waals surface area contributed by atoms with E-state index >= 15 is 0 Å². The Kier molecular flexibility index (Phi) is 4.01. The van der Waals surface area contributed by atoms with Crippen molar-refractivity contribution in [3.05, 3.63) is 62.6 Å². The summed E-state index contributed by atoms with van der Waals surface area (Å²) in [6, 6.07) is 12.0. The van der Waals surface area contributed by atoms with E-state index < -0.39 is 4.92 Å². The van der Waals surface area contributed by atoms with E-state index in [0.717, 1.165) is 10.0 Å². The summed E-state index contributed by atoms with van der Waals surface area (Å²) < 4.78 is 6.53. The molecule has 0 unspecified atom stereocenters. The Morgan fingerprint density at radius 3 is 2.47 bits per heavy atom. The van der Waals surface area contributed by atoms with Gasteiger partial charge in [0.2, 0.25) is 0 Å². The lowest BCUT2D eigenvalue weighted by molar-refractivity contribution is -0.383. The van der Waals surface area contributed by atoms with Gasteiger partial charge in [-0.3, -0.25) is 10.1 Å². The molecule has 0 atom stereocenters. The molecule has 0 spiro atoms. The van der Waals surface area contributed by atoms with Crippen LogP contribution >= 0.6 is 15.9 Å². The van der Waals surface area contributed by atoms with Gasteiger partial charge in [-0.25, -0.2) is 0 Å².